The standard InChI is InChI=1S/C22H22N2O4/c1-13-5-6-14(2)19(10-13)24-21(26)17-8-7-15(11-18(17)22(24)27)20(25)23-12-16-4-3-9-28-16/h5-8,10-11,16H,3-4,9,12H2,1-2H3,(H,23,25)/t16-/m1/s1. The number of nitrogens with one attached hydrogen (secondary N) is 1. The molecule has 2 aromatic rings. The lowest BCUT2D eigenvalue weighted by Crippen LogP contribution is -2.32. The van der Waals surface area contributed by atoms with Crippen LogP contribution in [0.4, 0.5) is 5.69 Å². The average Bonchev–Trinajstić information content (AvgIpc) is 3.29. The Bertz CT molecular complexity index is 976. The summed E-state index contributed by atoms with van der Waals surface area (Å²) in [5.74, 6) is -1.04. The zero-order valence-electron chi connectivity index (χ0n) is 16.0. The van der Waals surface area contributed by atoms with Crippen LogP contribution in [0.2, 0.25) is 0 Å². The summed E-state index contributed by atoms with van der Waals surface area (Å²) in [7, 11) is 0. The Hall–Kier alpha value is -2.99. The minimum Gasteiger partial charge on any atom is -0.376 e. The molecule has 0 spiro atoms. The van der Waals surface area contributed by atoms with Crippen LogP contribution in [0, 0.1) is 13.8 Å². The summed E-state index contributed by atoms with van der Waals surface area (Å²) in [4.78, 5) is 39.5. The summed E-state index contributed by atoms with van der Waals surface area (Å²) in [5, 5.41) is 2.84. The largest absolute Gasteiger partial charge is 0.376 e. The third-order valence-electron chi connectivity index (χ3n) is 5.27. The molecular formula is C22H22N2O4. The van der Waals surface area contributed by atoms with Crippen molar-refractivity contribution in [2.75, 3.05) is 18.1 Å². The van der Waals surface area contributed by atoms with E-state index in [4.69, 9.17) is 4.74 Å². The number of amides is 3. The van der Waals surface area contributed by atoms with Gasteiger partial charge in [-0.15, -0.1) is 0 Å². The normalized spacial score (nSPS) is 18.5. The first kappa shape index (κ1) is 18.4. The van der Waals surface area contributed by atoms with Crippen LogP contribution in [0.5, 0.6) is 0 Å². The second-order valence-corrected chi connectivity index (χ2v) is 7.34. The Kier molecular flexibility index (Phi) is 4.73. The summed E-state index contributed by atoms with van der Waals surface area (Å²) in [6, 6.07) is 10.3. The minimum atomic E-state index is -0.400. The molecule has 3 amide bonds. The highest BCUT2D eigenvalue weighted by Crippen LogP contribution is 2.31. The predicted octanol–water partition coefficient (Wildman–Crippen LogP) is 3.01. The Morgan fingerprint density at radius 2 is 1.89 bits per heavy atom. The molecule has 2 aromatic carbocycles. The lowest BCUT2D eigenvalue weighted by atomic mass is 10.1. The SMILES string of the molecule is Cc1ccc(C)c(N2C(=O)c3ccc(C(=O)NC[C@H]4CCCO4)cc3C2=O)c1. The molecule has 28 heavy (non-hydrogen) atoms. The first-order valence-corrected chi connectivity index (χ1v) is 9.45. The van der Waals surface area contributed by atoms with Crippen LogP contribution in [0.15, 0.2) is 36.4 Å². The summed E-state index contributed by atoms with van der Waals surface area (Å²) < 4.78 is 5.51. The van der Waals surface area contributed by atoms with Crippen molar-refractivity contribution >= 4 is 23.4 Å². The molecule has 0 saturated carbocycles. The number of rotatable bonds is 4. The van der Waals surface area contributed by atoms with E-state index in [0.29, 0.717) is 23.4 Å². The number of fused-ring (bicyclic) bond motifs is 1. The van der Waals surface area contributed by atoms with E-state index in [-0.39, 0.29) is 23.5 Å². The van der Waals surface area contributed by atoms with Crippen molar-refractivity contribution in [1.82, 2.24) is 5.32 Å². The number of benzene rings is 2. The van der Waals surface area contributed by atoms with Crippen LogP contribution in [0.3, 0.4) is 0 Å². The number of aryl methyl sites for hydroxylation is 2. The maximum absolute atomic E-state index is 13.0. The molecule has 0 radical (unpaired) electrons. The molecule has 2 aliphatic rings. The molecule has 144 valence electrons. The molecule has 1 N–H and O–H groups in total. The highest BCUT2D eigenvalue weighted by atomic mass is 16.5. The van der Waals surface area contributed by atoms with E-state index in [2.05, 4.69) is 5.32 Å². The van der Waals surface area contributed by atoms with Crippen LogP contribution in [-0.2, 0) is 4.74 Å². The number of carbonyl (C=O) groups excluding carboxylic acids is 3. The van der Waals surface area contributed by atoms with E-state index in [0.717, 1.165) is 30.6 Å². The zero-order chi connectivity index (χ0) is 19.8. The Morgan fingerprint density at radius 3 is 2.64 bits per heavy atom. The molecule has 0 aliphatic carbocycles. The van der Waals surface area contributed by atoms with Gasteiger partial charge in [0.05, 0.1) is 22.9 Å². The number of ether oxygens (including phenoxy) is 1. The topological polar surface area (TPSA) is 75.7 Å². The van der Waals surface area contributed by atoms with E-state index >= 15 is 0 Å². The van der Waals surface area contributed by atoms with Crippen LogP contribution in [0.25, 0.3) is 0 Å². The fraction of sp³-hybridized carbons (Fsp3) is 0.318. The Balaban J connectivity index is 1.58. The van der Waals surface area contributed by atoms with Gasteiger partial charge in [-0.1, -0.05) is 12.1 Å². The fourth-order valence-electron chi connectivity index (χ4n) is 3.68. The van der Waals surface area contributed by atoms with E-state index in [1.54, 1.807) is 12.1 Å². The summed E-state index contributed by atoms with van der Waals surface area (Å²) >= 11 is 0. The number of anilines is 1. The molecule has 1 saturated heterocycles. The van der Waals surface area contributed by atoms with Gasteiger partial charge >= 0.3 is 0 Å². The number of carbonyl (C=O) groups is 3. The van der Waals surface area contributed by atoms with E-state index in [1.807, 2.05) is 32.0 Å². The molecule has 0 aromatic heterocycles. The van der Waals surface area contributed by atoms with Gasteiger partial charge in [0.1, 0.15) is 0 Å². The van der Waals surface area contributed by atoms with Gasteiger partial charge in [0.2, 0.25) is 0 Å². The molecule has 6 heteroatoms. The minimum absolute atomic E-state index is 0.0429. The molecule has 6 nitrogen and oxygen atoms in total. The lowest BCUT2D eigenvalue weighted by Gasteiger charge is -2.17. The van der Waals surface area contributed by atoms with Crippen molar-refractivity contribution < 1.29 is 19.1 Å². The van der Waals surface area contributed by atoms with Gasteiger partial charge in [-0.2, -0.15) is 0 Å². The molecule has 0 bridgehead atoms. The monoisotopic (exact) mass is 378 g/mol. The van der Waals surface area contributed by atoms with Crippen LogP contribution in [0.1, 0.15) is 55.0 Å². The second kappa shape index (κ2) is 7.20. The molecule has 0 unspecified atom stereocenters. The molecule has 4 rings (SSSR count). The maximum atomic E-state index is 13.0. The van der Waals surface area contributed by atoms with E-state index < -0.39 is 5.91 Å². The molecule has 2 heterocycles. The third kappa shape index (κ3) is 3.20. The molecule has 1 atom stereocenters. The second-order valence-electron chi connectivity index (χ2n) is 7.34. The van der Waals surface area contributed by atoms with E-state index in [1.165, 1.54) is 11.0 Å². The number of hydrogen-bond acceptors (Lipinski definition) is 4. The first-order chi connectivity index (χ1) is 13.5. The van der Waals surface area contributed by atoms with Gasteiger partial charge in [0.15, 0.2) is 0 Å². The van der Waals surface area contributed by atoms with E-state index in [9.17, 15) is 14.4 Å². The Labute approximate surface area is 163 Å². The van der Waals surface area contributed by atoms with Gasteiger partial charge in [-0.25, -0.2) is 4.90 Å². The average molecular weight is 378 g/mol. The lowest BCUT2D eigenvalue weighted by molar-refractivity contribution is 0.0857. The van der Waals surface area contributed by atoms with Gasteiger partial charge in [0.25, 0.3) is 17.7 Å². The molecule has 1 fully saturated rings. The van der Waals surface area contributed by atoms with Gasteiger partial charge in [-0.3, -0.25) is 14.4 Å². The number of hydrogen-bond donors (Lipinski definition) is 1. The maximum Gasteiger partial charge on any atom is 0.266 e. The van der Waals surface area contributed by atoms with Crippen LogP contribution in [-0.4, -0.2) is 37.0 Å². The van der Waals surface area contributed by atoms with Crippen molar-refractivity contribution in [3.8, 4) is 0 Å². The third-order valence-corrected chi connectivity index (χ3v) is 5.27. The van der Waals surface area contributed by atoms with Crippen molar-refractivity contribution in [3.63, 3.8) is 0 Å². The summed E-state index contributed by atoms with van der Waals surface area (Å²) in [6.45, 7) is 4.95. The van der Waals surface area contributed by atoms with Crippen molar-refractivity contribution in [1.29, 1.82) is 0 Å². The van der Waals surface area contributed by atoms with Gasteiger partial charge in [-0.05, 0) is 62.1 Å². The number of nitrogens with zero attached hydrogens (tertiary/aromatic N) is 1. The predicted molar refractivity (Wildman–Crippen MR) is 105 cm³/mol. The zero-order valence-corrected chi connectivity index (χ0v) is 16.0. The molecular weight excluding hydrogens is 356 g/mol. The number of imide groups is 1. The first-order valence-electron chi connectivity index (χ1n) is 9.45. The van der Waals surface area contributed by atoms with Crippen molar-refractivity contribution in [2.24, 2.45) is 0 Å². The summed E-state index contributed by atoms with van der Waals surface area (Å²) in [6.07, 6.45) is 1.98. The highest BCUT2D eigenvalue weighted by Gasteiger charge is 2.37. The fourth-order valence-corrected chi connectivity index (χ4v) is 3.68. The summed E-state index contributed by atoms with van der Waals surface area (Å²) in [5.41, 5.74) is 3.33. The quantitative estimate of drug-likeness (QED) is 0.830. The van der Waals surface area contributed by atoms with Crippen LogP contribution >= 0.6 is 0 Å². The molecule has 2 aliphatic heterocycles. The van der Waals surface area contributed by atoms with Crippen molar-refractivity contribution in [3.05, 3.63) is 64.2 Å². The highest BCUT2D eigenvalue weighted by molar-refractivity contribution is 6.35. The van der Waals surface area contributed by atoms with Gasteiger partial charge in [0, 0.05) is 18.7 Å². The Morgan fingerprint density at radius 1 is 1.11 bits per heavy atom. The van der Waals surface area contributed by atoms with Crippen molar-refractivity contribution in [2.45, 2.75) is 32.8 Å². The van der Waals surface area contributed by atoms with Gasteiger partial charge < -0.3 is 10.1 Å². The smallest absolute Gasteiger partial charge is 0.266 e. The van der Waals surface area contributed by atoms with Crippen LogP contribution < -0.4 is 10.2 Å².